The van der Waals surface area contributed by atoms with Crippen molar-refractivity contribution in [3.8, 4) is 0 Å². The van der Waals surface area contributed by atoms with Gasteiger partial charge in [-0.05, 0) is 58.7 Å². The standard InChI is InChI=1S/C43H88N2O4S/c1-7-11-15-19-22-24-27-31-38-49-43(46)39-42(35-30-26-23-20-16-12-8-2)45(37-32-36-44(5)6)50(47,48)40-41(33-28-18-14-10-4)34-29-25-21-17-13-9-3/h41-42H,7-40H2,1-6H3. The fourth-order valence-corrected chi connectivity index (χ4v) is 9.39. The Bertz CT molecular complexity index is 835. The van der Waals surface area contributed by atoms with E-state index in [2.05, 4.69) is 32.6 Å². The first-order valence-electron chi connectivity index (χ1n) is 22.0. The first-order chi connectivity index (χ1) is 24.2. The number of nitrogens with zero attached hydrogens (tertiary/aromatic N) is 2. The van der Waals surface area contributed by atoms with Crippen LogP contribution < -0.4 is 0 Å². The van der Waals surface area contributed by atoms with E-state index in [0.29, 0.717) is 13.2 Å². The van der Waals surface area contributed by atoms with E-state index in [-0.39, 0.29) is 30.1 Å². The highest BCUT2D eigenvalue weighted by molar-refractivity contribution is 7.89. The van der Waals surface area contributed by atoms with Crippen LogP contribution in [0.2, 0.25) is 0 Å². The van der Waals surface area contributed by atoms with E-state index in [4.69, 9.17) is 4.74 Å². The van der Waals surface area contributed by atoms with Crippen LogP contribution in [0.3, 0.4) is 0 Å². The fourth-order valence-electron chi connectivity index (χ4n) is 7.23. The summed E-state index contributed by atoms with van der Waals surface area (Å²) in [6, 6.07) is -0.321. The van der Waals surface area contributed by atoms with Gasteiger partial charge in [0.25, 0.3) is 0 Å². The van der Waals surface area contributed by atoms with Crippen LogP contribution in [0, 0.1) is 5.92 Å². The number of sulfonamides is 1. The van der Waals surface area contributed by atoms with Crippen LogP contribution in [0.1, 0.15) is 220 Å². The molecule has 0 spiro atoms. The smallest absolute Gasteiger partial charge is 0.307 e. The molecule has 0 N–H and O–H groups in total. The molecule has 0 fully saturated rings. The van der Waals surface area contributed by atoms with Gasteiger partial charge in [0.1, 0.15) is 0 Å². The molecule has 0 radical (unpaired) electrons. The summed E-state index contributed by atoms with van der Waals surface area (Å²) >= 11 is 0. The molecule has 0 aromatic heterocycles. The van der Waals surface area contributed by atoms with Crippen molar-refractivity contribution in [1.29, 1.82) is 0 Å². The lowest BCUT2D eigenvalue weighted by Gasteiger charge is -2.32. The van der Waals surface area contributed by atoms with Crippen molar-refractivity contribution in [3.63, 3.8) is 0 Å². The highest BCUT2D eigenvalue weighted by Crippen LogP contribution is 2.26. The van der Waals surface area contributed by atoms with Gasteiger partial charge in [-0.3, -0.25) is 4.79 Å². The predicted octanol–water partition coefficient (Wildman–Crippen LogP) is 12.5. The van der Waals surface area contributed by atoms with Crippen LogP contribution in [0.5, 0.6) is 0 Å². The van der Waals surface area contributed by atoms with E-state index >= 15 is 0 Å². The number of hydrogen-bond donors (Lipinski definition) is 0. The van der Waals surface area contributed by atoms with Crippen LogP contribution >= 0.6 is 0 Å². The molecule has 0 aliphatic heterocycles. The monoisotopic (exact) mass is 729 g/mol. The molecule has 50 heavy (non-hydrogen) atoms. The van der Waals surface area contributed by atoms with Gasteiger partial charge in [0, 0.05) is 12.6 Å². The molecular formula is C43H88N2O4S. The highest BCUT2D eigenvalue weighted by Gasteiger charge is 2.33. The van der Waals surface area contributed by atoms with Gasteiger partial charge in [-0.2, -0.15) is 4.31 Å². The summed E-state index contributed by atoms with van der Waals surface area (Å²) < 4.78 is 36.6. The van der Waals surface area contributed by atoms with Gasteiger partial charge in [0.05, 0.1) is 18.8 Å². The zero-order chi connectivity index (χ0) is 37.1. The molecule has 2 unspecified atom stereocenters. The Hall–Kier alpha value is -0.660. The summed E-state index contributed by atoms with van der Waals surface area (Å²) in [5.41, 5.74) is 0. The molecule has 0 saturated heterocycles. The van der Waals surface area contributed by atoms with Crippen molar-refractivity contribution in [2.45, 2.75) is 226 Å². The minimum Gasteiger partial charge on any atom is -0.466 e. The third-order valence-corrected chi connectivity index (χ3v) is 12.5. The van der Waals surface area contributed by atoms with Crippen LogP contribution in [-0.4, -0.2) is 69.2 Å². The summed E-state index contributed by atoms with van der Waals surface area (Å²) in [7, 11) is 0.543. The van der Waals surface area contributed by atoms with Gasteiger partial charge in [0.15, 0.2) is 0 Å². The second kappa shape index (κ2) is 35.4. The molecule has 0 saturated carbocycles. The summed E-state index contributed by atoms with van der Waals surface area (Å²) in [4.78, 5) is 15.4. The van der Waals surface area contributed by atoms with Crippen molar-refractivity contribution in [3.05, 3.63) is 0 Å². The Balaban J connectivity index is 5.71. The first-order valence-corrected chi connectivity index (χ1v) is 23.6. The van der Waals surface area contributed by atoms with E-state index in [1.54, 1.807) is 4.31 Å². The third kappa shape index (κ3) is 29.9. The third-order valence-electron chi connectivity index (χ3n) is 10.4. The van der Waals surface area contributed by atoms with Crippen molar-refractivity contribution < 1.29 is 17.9 Å². The quantitative estimate of drug-likeness (QED) is 0.0466. The average molecular weight is 729 g/mol. The number of rotatable bonds is 39. The minimum atomic E-state index is -3.55. The fraction of sp³-hybridized carbons (Fsp3) is 0.977. The summed E-state index contributed by atoms with van der Waals surface area (Å²) in [5, 5.41) is 0. The Morgan fingerprint density at radius 3 is 1.38 bits per heavy atom. The van der Waals surface area contributed by atoms with Crippen molar-refractivity contribution >= 4 is 16.0 Å². The van der Waals surface area contributed by atoms with Gasteiger partial charge in [-0.25, -0.2) is 8.42 Å². The predicted molar refractivity (Wildman–Crippen MR) is 218 cm³/mol. The van der Waals surface area contributed by atoms with Gasteiger partial charge < -0.3 is 9.64 Å². The molecule has 0 aliphatic carbocycles. The first kappa shape index (κ1) is 49.3. The van der Waals surface area contributed by atoms with Crippen molar-refractivity contribution in [2.24, 2.45) is 5.92 Å². The number of unbranched alkanes of at least 4 members (excludes halogenated alkanes) is 21. The second-order valence-corrected chi connectivity index (χ2v) is 17.7. The molecule has 0 bridgehead atoms. The Labute approximate surface area is 314 Å². The molecule has 0 aliphatic rings. The normalized spacial score (nSPS) is 13.4. The zero-order valence-corrected chi connectivity index (χ0v) is 35.4. The Morgan fingerprint density at radius 1 is 0.520 bits per heavy atom. The second-order valence-electron chi connectivity index (χ2n) is 15.8. The van der Waals surface area contributed by atoms with E-state index in [1.807, 2.05) is 14.1 Å². The van der Waals surface area contributed by atoms with Crippen molar-refractivity contribution in [1.82, 2.24) is 9.21 Å². The van der Waals surface area contributed by atoms with Gasteiger partial charge in [-0.15, -0.1) is 0 Å². The van der Waals surface area contributed by atoms with E-state index < -0.39 is 10.0 Å². The Morgan fingerprint density at radius 2 is 0.920 bits per heavy atom. The molecule has 2 atom stereocenters. The number of hydrogen-bond acceptors (Lipinski definition) is 5. The maximum absolute atomic E-state index is 14.5. The average Bonchev–Trinajstić information content (AvgIpc) is 3.08. The minimum absolute atomic E-state index is 0.173. The number of esters is 1. The summed E-state index contributed by atoms with van der Waals surface area (Å²) in [6.45, 7) is 10.7. The summed E-state index contributed by atoms with van der Waals surface area (Å²) in [5.74, 6) is 0.182. The van der Waals surface area contributed by atoms with Crippen LogP contribution in [0.4, 0.5) is 0 Å². The highest BCUT2D eigenvalue weighted by atomic mass is 32.2. The Kier molecular flexibility index (Phi) is 34.9. The molecule has 0 aromatic carbocycles. The lowest BCUT2D eigenvalue weighted by atomic mass is 9.96. The number of ether oxygens (including phenoxy) is 1. The van der Waals surface area contributed by atoms with E-state index in [1.165, 1.54) is 122 Å². The van der Waals surface area contributed by atoms with Gasteiger partial charge >= 0.3 is 5.97 Å². The van der Waals surface area contributed by atoms with Crippen LogP contribution in [0.15, 0.2) is 0 Å². The lowest BCUT2D eigenvalue weighted by Crippen LogP contribution is -2.45. The molecule has 0 heterocycles. The van der Waals surface area contributed by atoms with Crippen LogP contribution in [-0.2, 0) is 19.6 Å². The maximum atomic E-state index is 14.5. The SMILES string of the molecule is CCCCCCCCCCOC(=O)CC(CCCCCCCCC)N(CCCN(C)C)S(=O)(=O)CC(CCCCCC)CCCCCCCC. The van der Waals surface area contributed by atoms with E-state index in [0.717, 1.165) is 70.8 Å². The topological polar surface area (TPSA) is 66.9 Å². The largest absolute Gasteiger partial charge is 0.466 e. The molecule has 6 nitrogen and oxygen atoms in total. The zero-order valence-electron chi connectivity index (χ0n) is 34.6. The lowest BCUT2D eigenvalue weighted by molar-refractivity contribution is -0.144. The van der Waals surface area contributed by atoms with Gasteiger partial charge in [-0.1, -0.05) is 182 Å². The summed E-state index contributed by atoms with van der Waals surface area (Å²) in [6.07, 6.45) is 33.6. The molecule has 0 aromatic rings. The molecule has 7 heteroatoms. The van der Waals surface area contributed by atoms with E-state index in [9.17, 15) is 13.2 Å². The van der Waals surface area contributed by atoms with Crippen molar-refractivity contribution in [2.75, 3.05) is 39.5 Å². The molecule has 300 valence electrons. The number of carbonyl (C=O) groups is 1. The number of carbonyl (C=O) groups excluding carboxylic acids is 1. The van der Waals surface area contributed by atoms with Crippen LogP contribution in [0.25, 0.3) is 0 Å². The maximum Gasteiger partial charge on any atom is 0.307 e. The molecular weight excluding hydrogens is 641 g/mol. The van der Waals surface area contributed by atoms with Gasteiger partial charge in [0.2, 0.25) is 10.0 Å². The molecule has 0 rings (SSSR count). The molecule has 0 amide bonds.